The molecular weight excluding hydrogens is 832 g/mol. The lowest BCUT2D eigenvalue weighted by atomic mass is 9.31. The van der Waals surface area contributed by atoms with Gasteiger partial charge in [-0.2, -0.15) is 0 Å². The first-order valence-electron chi connectivity index (χ1n) is 23.2. The van der Waals surface area contributed by atoms with E-state index in [4.69, 9.17) is 14.2 Å². The molecule has 10 aromatic carbocycles. The van der Waals surface area contributed by atoms with Crippen LogP contribution in [0, 0.1) is 0 Å². The van der Waals surface area contributed by atoms with Crippen LogP contribution in [0.25, 0.3) is 27.5 Å². The number of aromatic nitrogens is 1. The van der Waals surface area contributed by atoms with Crippen LogP contribution in [0.4, 0.5) is 34.1 Å². The molecule has 11 aromatic rings. The summed E-state index contributed by atoms with van der Waals surface area (Å²) in [5, 5.41) is 2.23. The molecule has 68 heavy (non-hydrogen) atoms. The Bertz CT molecular complexity index is 3780. The molecule has 0 aliphatic carbocycles. The molecule has 0 radical (unpaired) electrons. The monoisotopic (exact) mass is 869 g/mol. The van der Waals surface area contributed by atoms with Crippen LogP contribution in [0.15, 0.2) is 224 Å². The highest BCUT2D eigenvalue weighted by Crippen LogP contribution is 2.48. The third-order valence-corrected chi connectivity index (χ3v) is 14.3. The van der Waals surface area contributed by atoms with Gasteiger partial charge in [-0.05, 0) is 100 Å². The fourth-order valence-corrected chi connectivity index (χ4v) is 11.6. The van der Waals surface area contributed by atoms with Gasteiger partial charge in [0.05, 0.1) is 22.4 Å². The number of hydrogen-bond donors (Lipinski definition) is 0. The summed E-state index contributed by atoms with van der Waals surface area (Å²) < 4.78 is 24.1. The smallest absolute Gasteiger partial charge is 0.260 e. The third kappa shape index (κ3) is 5.31. The molecule has 1 aromatic heterocycles. The van der Waals surface area contributed by atoms with Crippen molar-refractivity contribution >= 4 is 102 Å². The van der Waals surface area contributed by atoms with Crippen LogP contribution in [0.2, 0.25) is 0 Å². The van der Waals surface area contributed by atoms with Crippen LogP contribution in [-0.2, 0) is 0 Å². The van der Waals surface area contributed by atoms with Gasteiger partial charge in [-0.3, -0.25) is 0 Å². The first-order chi connectivity index (χ1) is 33.7. The Labute approximate surface area is 393 Å². The van der Waals surface area contributed by atoms with Gasteiger partial charge in [0.25, 0.3) is 13.4 Å². The molecule has 316 valence electrons. The van der Waals surface area contributed by atoms with E-state index < -0.39 is 0 Å². The second kappa shape index (κ2) is 14.3. The second-order valence-corrected chi connectivity index (χ2v) is 18.0. The molecule has 15 rings (SSSR count). The van der Waals surface area contributed by atoms with Crippen molar-refractivity contribution in [3.63, 3.8) is 0 Å². The Morgan fingerprint density at radius 1 is 0.338 bits per heavy atom. The van der Waals surface area contributed by atoms with E-state index in [1.54, 1.807) is 0 Å². The van der Waals surface area contributed by atoms with E-state index in [1.807, 2.05) is 0 Å². The zero-order chi connectivity index (χ0) is 44.5. The summed E-state index contributed by atoms with van der Waals surface area (Å²) in [7, 11) is 0. The van der Waals surface area contributed by atoms with Gasteiger partial charge in [0.2, 0.25) is 0 Å². The summed E-state index contributed by atoms with van der Waals surface area (Å²) in [6.45, 7) is -0.273. The molecule has 0 saturated carbocycles. The number of nitrogens with zero attached hydrogens (tertiary/aromatic N) is 3. The molecule has 0 unspecified atom stereocenters. The third-order valence-electron chi connectivity index (χ3n) is 14.3. The zero-order valence-corrected chi connectivity index (χ0v) is 36.6. The molecule has 4 aliphatic heterocycles. The summed E-state index contributed by atoms with van der Waals surface area (Å²) in [4.78, 5) is 4.60. The average molecular weight is 870 g/mol. The van der Waals surface area contributed by atoms with Gasteiger partial charge in [0, 0.05) is 62.9 Å². The Morgan fingerprint density at radius 3 is 1.34 bits per heavy atom. The SMILES string of the molecule is c1ccc(N(c2ccccc2)c2cc3c4c(c2)Oc2c(cc5c6c2c2ccccc2n6-c2cc(N(c6ccccc6)c6ccccc6)cc6c2B5c2ccccc2O6)B4c2ccccc2O3)cc1. The lowest BCUT2D eigenvalue weighted by molar-refractivity contribution is 0.467. The fraction of sp³-hybridized carbons (Fsp3) is 0. The van der Waals surface area contributed by atoms with Crippen molar-refractivity contribution in [3.05, 3.63) is 224 Å². The van der Waals surface area contributed by atoms with Gasteiger partial charge in [-0.15, -0.1) is 0 Å². The van der Waals surface area contributed by atoms with Crippen LogP contribution in [-0.4, -0.2) is 18.0 Å². The maximum atomic E-state index is 7.55. The van der Waals surface area contributed by atoms with Crippen molar-refractivity contribution in [1.82, 2.24) is 4.57 Å². The van der Waals surface area contributed by atoms with E-state index in [0.717, 1.165) is 123 Å². The van der Waals surface area contributed by atoms with Crippen LogP contribution >= 0.6 is 0 Å². The maximum absolute atomic E-state index is 7.55. The van der Waals surface area contributed by atoms with E-state index >= 15 is 0 Å². The average Bonchev–Trinajstić information content (AvgIpc) is 3.75. The first kappa shape index (κ1) is 37.4. The zero-order valence-electron chi connectivity index (χ0n) is 36.6. The predicted octanol–water partition coefficient (Wildman–Crippen LogP) is 11.4. The van der Waals surface area contributed by atoms with Crippen molar-refractivity contribution in [2.24, 2.45) is 0 Å². The van der Waals surface area contributed by atoms with Crippen LogP contribution in [0.3, 0.4) is 0 Å². The maximum Gasteiger partial charge on any atom is 0.260 e. The number of para-hydroxylation sites is 7. The molecule has 8 heteroatoms. The Kier molecular flexibility index (Phi) is 7.86. The first-order valence-corrected chi connectivity index (χ1v) is 23.2. The van der Waals surface area contributed by atoms with Crippen molar-refractivity contribution in [2.75, 3.05) is 9.80 Å². The van der Waals surface area contributed by atoms with Crippen molar-refractivity contribution in [3.8, 4) is 40.2 Å². The molecule has 0 fully saturated rings. The molecule has 0 atom stereocenters. The summed E-state index contributed by atoms with van der Waals surface area (Å²) in [5.74, 6) is 5.01. The van der Waals surface area contributed by atoms with Gasteiger partial charge >= 0.3 is 0 Å². The minimum atomic E-state index is -0.156. The lowest BCUT2D eigenvalue weighted by Crippen LogP contribution is -2.62. The molecule has 0 spiro atoms. The number of ether oxygens (including phenoxy) is 3. The van der Waals surface area contributed by atoms with Crippen LogP contribution in [0.1, 0.15) is 0 Å². The molecule has 6 nitrogen and oxygen atoms in total. The number of benzene rings is 10. The van der Waals surface area contributed by atoms with E-state index in [1.165, 1.54) is 5.46 Å². The fourth-order valence-electron chi connectivity index (χ4n) is 11.6. The number of rotatable bonds is 6. The minimum absolute atomic E-state index is 0.117. The van der Waals surface area contributed by atoms with E-state index in [9.17, 15) is 0 Å². The number of anilines is 6. The summed E-state index contributed by atoms with van der Waals surface area (Å²) in [6.07, 6.45) is 0. The van der Waals surface area contributed by atoms with Crippen molar-refractivity contribution in [2.45, 2.75) is 0 Å². The highest BCUT2D eigenvalue weighted by Gasteiger charge is 2.47. The quantitative estimate of drug-likeness (QED) is 0.156. The molecule has 0 N–H and O–H groups in total. The minimum Gasteiger partial charge on any atom is -0.458 e. The Balaban J connectivity index is 1.03. The van der Waals surface area contributed by atoms with E-state index in [2.05, 4.69) is 239 Å². The summed E-state index contributed by atoms with van der Waals surface area (Å²) in [5.41, 5.74) is 16.3. The van der Waals surface area contributed by atoms with Gasteiger partial charge in [-0.1, -0.05) is 133 Å². The highest BCUT2D eigenvalue weighted by atomic mass is 16.5. The molecule has 5 heterocycles. The lowest BCUT2D eigenvalue weighted by Gasteiger charge is -2.38. The van der Waals surface area contributed by atoms with Gasteiger partial charge in [0.15, 0.2) is 0 Å². The second-order valence-electron chi connectivity index (χ2n) is 18.0. The van der Waals surface area contributed by atoms with Crippen molar-refractivity contribution in [1.29, 1.82) is 0 Å². The Hall–Kier alpha value is -8.87. The van der Waals surface area contributed by atoms with Gasteiger partial charge < -0.3 is 28.6 Å². The molecule has 0 amide bonds. The molecule has 0 saturated heterocycles. The van der Waals surface area contributed by atoms with Crippen molar-refractivity contribution < 1.29 is 14.2 Å². The van der Waals surface area contributed by atoms with Crippen LogP contribution < -0.4 is 56.8 Å². The van der Waals surface area contributed by atoms with E-state index in [0.29, 0.717) is 0 Å². The largest absolute Gasteiger partial charge is 0.458 e. The number of hydrogen-bond acceptors (Lipinski definition) is 5. The molecule has 4 aliphatic rings. The molecule has 0 bridgehead atoms. The number of fused-ring (bicyclic) bond motifs is 12. The summed E-state index contributed by atoms with van der Waals surface area (Å²) >= 11 is 0. The molecular formula is C60H37B2N3O3. The highest BCUT2D eigenvalue weighted by molar-refractivity contribution is 7.02. The van der Waals surface area contributed by atoms with E-state index in [-0.39, 0.29) is 13.4 Å². The normalized spacial score (nSPS) is 13.0. The Morgan fingerprint density at radius 2 is 0.779 bits per heavy atom. The van der Waals surface area contributed by atoms with Gasteiger partial charge in [0.1, 0.15) is 34.5 Å². The van der Waals surface area contributed by atoms with Gasteiger partial charge in [-0.25, -0.2) is 0 Å². The topological polar surface area (TPSA) is 39.1 Å². The standard InChI is InChI=1S/C60H37B2N3O3/c1-5-19-38(20-6-1)63(39-21-7-2-8-22-39)42-33-50-57-53(34-42)66-51-31-17-14-28-45(51)61(57)47-37-48-60(56-44-27-13-16-30-49(44)65(50)59(47)56)68-55-36-43(35-54-58(55)62(48)46-29-15-18-32-52(46)67-54)64(40-23-9-3-10-24-40)41-25-11-4-12-26-41/h1-37H. The predicted molar refractivity (Wildman–Crippen MR) is 279 cm³/mol. The van der Waals surface area contributed by atoms with Crippen LogP contribution in [0.5, 0.6) is 34.5 Å². The summed E-state index contributed by atoms with van der Waals surface area (Å²) in [6, 6.07) is 79.6.